The smallest absolute Gasteiger partial charge is 0.222 e. The van der Waals surface area contributed by atoms with Gasteiger partial charge < -0.3 is 16.2 Å². The highest BCUT2D eigenvalue weighted by Gasteiger charge is 2.24. The molecule has 0 unspecified atom stereocenters. The maximum absolute atomic E-state index is 11.4. The van der Waals surface area contributed by atoms with Crippen LogP contribution >= 0.6 is 0 Å². The van der Waals surface area contributed by atoms with Crippen LogP contribution in [0.4, 0.5) is 0 Å². The quantitative estimate of drug-likeness (QED) is 0.672. The summed E-state index contributed by atoms with van der Waals surface area (Å²) in [5, 5.41) is 12.7. The number of rotatable bonds is 6. The molecule has 3 atom stereocenters. The van der Waals surface area contributed by atoms with Crippen LogP contribution in [0.5, 0.6) is 0 Å². The Labute approximate surface area is 110 Å². The molecule has 0 radical (unpaired) electrons. The highest BCUT2D eigenvalue weighted by molar-refractivity contribution is 5.77. The van der Waals surface area contributed by atoms with Gasteiger partial charge in [-0.1, -0.05) is 39.0 Å². The Bertz CT molecular complexity index is 252. The summed E-state index contributed by atoms with van der Waals surface area (Å²) < 4.78 is 0. The fourth-order valence-electron chi connectivity index (χ4n) is 2.86. The second-order valence-corrected chi connectivity index (χ2v) is 5.72. The molecule has 18 heavy (non-hydrogen) atoms. The predicted molar refractivity (Wildman–Crippen MR) is 73.0 cm³/mol. The molecule has 0 heterocycles. The lowest BCUT2D eigenvalue weighted by Gasteiger charge is -2.28. The zero-order chi connectivity index (χ0) is 13.5. The van der Waals surface area contributed by atoms with E-state index >= 15 is 0 Å². The van der Waals surface area contributed by atoms with Crippen LogP contribution in [-0.2, 0) is 4.79 Å². The molecule has 0 aromatic rings. The molecule has 0 bridgehead atoms. The first-order valence-corrected chi connectivity index (χ1v) is 7.19. The van der Waals surface area contributed by atoms with E-state index in [-0.39, 0.29) is 17.9 Å². The van der Waals surface area contributed by atoms with Crippen molar-refractivity contribution in [3.63, 3.8) is 0 Å². The Morgan fingerprint density at radius 2 is 2.00 bits per heavy atom. The molecule has 0 aromatic heterocycles. The summed E-state index contributed by atoms with van der Waals surface area (Å²) in [4.78, 5) is 11.4. The van der Waals surface area contributed by atoms with Gasteiger partial charge in [-0.25, -0.2) is 0 Å². The Morgan fingerprint density at radius 3 is 2.56 bits per heavy atom. The van der Waals surface area contributed by atoms with Gasteiger partial charge in [-0.05, 0) is 18.8 Å². The highest BCUT2D eigenvalue weighted by Crippen LogP contribution is 2.28. The molecular weight excluding hydrogens is 228 g/mol. The molecule has 4 heteroatoms. The summed E-state index contributed by atoms with van der Waals surface area (Å²) in [5.41, 5.74) is 6.06. The number of amides is 1. The summed E-state index contributed by atoms with van der Waals surface area (Å²) >= 11 is 0. The second-order valence-electron chi connectivity index (χ2n) is 5.72. The lowest BCUT2D eigenvalue weighted by Crippen LogP contribution is -2.39. The first-order valence-electron chi connectivity index (χ1n) is 7.19. The van der Waals surface area contributed by atoms with E-state index < -0.39 is 6.10 Å². The summed E-state index contributed by atoms with van der Waals surface area (Å²) in [6, 6.07) is -0.194. The van der Waals surface area contributed by atoms with Crippen LogP contribution in [0.15, 0.2) is 0 Å². The van der Waals surface area contributed by atoms with Gasteiger partial charge in [0.1, 0.15) is 0 Å². The van der Waals surface area contributed by atoms with E-state index in [0.29, 0.717) is 12.3 Å². The van der Waals surface area contributed by atoms with Gasteiger partial charge in [0.2, 0.25) is 5.91 Å². The van der Waals surface area contributed by atoms with Gasteiger partial charge in [-0.3, -0.25) is 4.79 Å². The summed E-state index contributed by atoms with van der Waals surface area (Å²) in [6.07, 6.45) is 7.18. The molecule has 0 aliphatic heterocycles. The van der Waals surface area contributed by atoms with E-state index in [9.17, 15) is 9.90 Å². The molecule has 1 fully saturated rings. The van der Waals surface area contributed by atoms with Crippen LogP contribution < -0.4 is 11.1 Å². The highest BCUT2D eigenvalue weighted by atomic mass is 16.3. The largest absolute Gasteiger partial charge is 0.391 e. The fraction of sp³-hybridized carbons (Fsp3) is 0.929. The van der Waals surface area contributed by atoms with Crippen LogP contribution in [0.25, 0.3) is 0 Å². The Hall–Kier alpha value is -0.610. The maximum Gasteiger partial charge on any atom is 0.222 e. The van der Waals surface area contributed by atoms with Crippen molar-refractivity contribution >= 4 is 5.91 Å². The normalized spacial score (nSPS) is 22.2. The van der Waals surface area contributed by atoms with Crippen molar-refractivity contribution in [3.8, 4) is 0 Å². The maximum atomic E-state index is 11.4. The molecule has 1 saturated carbocycles. The Balaban J connectivity index is 2.31. The first-order chi connectivity index (χ1) is 8.54. The number of aliphatic hydroxyl groups is 1. The molecule has 0 spiro atoms. The third-order valence-electron chi connectivity index (χ3n) is 4.11. The number of hydrogen-bond acceptors (Lipinski definition) is 3. The van der Waals surface area contributed by atoms with Crippen molar-refractivity contribution < 1.29 is 9.90 Å². The molecule has 106 valence electrons. The van der Waals surface area contributed by atoms with Crippen molar-refractivity contribution in [2.45, 2.75) is 64.0 Å². The van der Waals surface area contributed by atoms with E-state index in [1.54, 1.807) is 7.05 Å². The van der Waals surface area contributed by atoms with Crippen LogP contribution in [0.1, 0.15) is 51.9 Å². The lowest BCUT2D eigenvalue weighted by atomic mass is 9.83. The van der Waals surface area contributed by atoms with Crippen molar-refractivity contribution in [1.29, 1.82) is 0 Å². The van der Waals surface area contributed by atoms with Crippen molar-refractivity contribution in [3.05, 3.63) is 0 Å². The van der Waals surface area contributed by atoms with Crippen molar-refractivity contribution in [2.75, 3.05) is 7.05 Å². The minimum absolute atomic E-state index is 0.0288. The van der Waals surface area contributed by atoms with Crippen molar-refractivity contribution in [1.82, 2.24) is 5.32 Å². The van der Waals surface area contributed by atoms with Gasteiger partial charge in [0.25, 0.3) is 0 Å². The Kier molecular flexibility index (Phi) is 6.65. The van der Waals surface area contributed by atoms with Crippen LogP contribution in [0.3, 0.4) is 0 Å². The number of carbonyl (C=O) groups is 1. The average molecular weight is 256 g/mol. The molecule has 4 N–H and O–H groups in total. The fourth-order valence-corrected chi connectivity index (χ4v) is 2.86. The molecule has 1 aliphatic carbocycles. The Morgan fingerprint density at radius 1 is 1.39 bits per heavy atom. The number of nitrogens with one attached hydrogen (secondary N) is 1. The predicted octanol–water partition coefficient (Wildman–Crippen LogP) is 1.42. The van der Waals surface area contributed by atoms with Gasteiger partial charge >= 0.3 is 0 Å². The van der Waals surface area contributed by atoms with Crippen LogP contribution in [-0.4, -0.2) is 30.2 Å². The topological polar surface area (TPSA) is 75.3 Å². The van der Waals surface area contributed by atoms with E-state index in [2.05, 4.69) is 5.32 Å². The third-order valence-corrected chi connectivity index (χ3v) is 4.11. The molecule has 0 saturated heterocycles. The second kappa shape index (κ2) is 7.74. The van der Waals surface area contributed by atoms with Gasteiger partial charge in [-0.15, -0.1) is 0 Å². The zero-order valence-corrected chi connectivity index (χ0v) is 11.7. The van der Waals surface area contributed by atoms with Crippen LogP contribution in [0.2, 0.25) is 0 Å². The number of carbonyl (C=O) groups excluding carboxylic acids is 1. The van der Waals surface area contributed by atoms with Gasteiger partial charge in [-0.2, -0.15) is 0 Å². The minimum Gasteiger partial charge on any atom is -0.391 e. The average Bonchev–Trinajstić information content (AvgIpc) is 2.38. The van der Waals surface area contributed by atoms with Crippen LogP contribution in [0, 0.1) is 11.8 Å². The summed E-state index contributed by atoms with van der Waals surface area (Å²) in [5.74, 6) is 0.458. The zero-order valence-electron chi connectivity index (χ0n) is 11.7. The lowest BCUT2D eigenvalue weighted by molar-refractivity contribution is -0.125. The molecule has 0 aromatic carbocycles. The number of hydrogen-bond donors (Lipinski definition) is 3. The van der Waals surface area contributed by atoms with Gasteiger partial charge in [0.15, 0.2) is 0 Å². The molecule has 4 nitrogen and oxygen atoms in total. The number of aliphatic hydroxyl groups excluding tert-OH is 1. The number of nitrogens with two attached hydrogens (primary N) is 1. The van der Waals surface area contributed by atoms with Gasteiger partial charge in [0, 0.05) is 19.0 Å². The monoisotopic (exact) mass is 256 g/mol. The summed E-state index contributed by atoms with van der Waals surface area (Å²) in [7, 11) is 1.62. The van der Waals surface area contributed by atoms with E-state index in [4.69, 9.17) is 5.73 Å². The van der Waals surface area contributed by atoms with Gasteiger partial charge in [0.05, 0.1) is 6.10 Å². The minimum atomic E-state index is -0.570. The van der Waals surface area contributed by atoms with E-state index in [0.717, 1.165) is 6.42 Å². The molecule has 1 aliphatic rings. The first kappa shape index (κ1) is 15.4. The van der Waals surface area contributed by atoms with E-state index in [1.165, 1.54) is 32.1 Å². The SMILES string of the molecule is CNC(=O)[C@@H](C)C[C@H](O)[C@@H](N)CC1CCCCC1. The van der Waals surface area contributed by atoms with E-state index in [1.807, 2.05) is 6.92 Å². The molecule has 1 rings (SSSR count). The standard InChI is InChI=1S/C14H28N2O2/c1-10(14(18)16-2)8-13(17)12(15)9-11-6-4-3-5-7-11/h10-13,17H,3-9,15H2,1-2H3,(H,16,18)/t10-,12-,13-/m0/s1. The summed E-state index contributed by atoms with van der Waals surface area (Å²) in [6.45, 7) is 1.83. The van der Waals surface area contributed by atoms with Crippen molar-refractivity contribution in [2.24, 2.45) is 17.6 Å². The molecular formula is C14H28N2O2. The third kappa shape index (κ3) is 4.94. The molecule has 1 amide bonds.